The topological polar surface area (TPSA) is 143 Å². The van der Waals surface area contributed by atoms with Crippen LogP contribution in [0.2, 0.25) is 0 Å². The number of aldehydes is 1. The SMILES string of the molecule is CC(C)C.O=C[C@H](C[C@@H]1CCNC1=O)NC(=O)CNC(=O)[C@H](CCc1cccc2ccccc12)NC(=O)OCCc1ccccc1.[HH].[HH].[HH].[HH]. The normalized spacial score (nSPS) is 15.1. The smallest absolute Gasteiger partial charge is 0.407 e. The molecule has 1 aliphatic rings. The van der Waals surface area contributed by atoms with E-state index in [9.17, 15) is 24.0 Å². The van der Waals surface area contributed by atoms with Crippen LogP contribution >= 0.6 is 0 Å². The number of ether oxygens (including phenoxy) is 1. The van der Waals surface area contributed by atoms with Crippen molar-refractivity contribution in [3.8, 4) is 0 Å². The molecule has 1 fully saturated rings. The van der Waals surface area contributed by atoms with Crippen LogP contribution in [0.5, 0.6) is 0 Å². The summed E-state index contributed by atoms with van der Waals surface area (Å²) in [7, 11) is 0. The lowest BCUT2D eigenvalue weighted by atomic mass is 9.98. The maximum Gasteiger partial charge on any atom is 0.407 e. The largest absolute Gasteiger partial charge is 0.449 e. The molecular formula is C36H54N4O6. The molecule has 1 aliphatic heterocycles. The van der Waals surface area contributed by atoms with E-state index in [2.05, 4.69) is 42.0 Å². The molecule has 0 unspecified atom stereocenters. The number of hydrogen-bond acceptors (Lipinski definition) is 6. The summed E-state index contributed by atoms with van der Waals surface area (Å²) < 4.78 is 5.33. The van der Waals surface area contributed by atoms with Crippen molar-refractivity contribution >= 4 is 40.9 Å². The number of nitrogens with one attached hydrogen (secondary N) is 4. The second-order valence-electron chi connectivity index (χ2n) is 12.0. The lowest BCUT2D eigenvalue weighted by Crippen LogP contribution is -2.50. The molecule has 0 aromatic heterocycles. The summed E-state index contributed by atoms with van der Waals surface area (Å²) >= 11 is 0. The van der Waals surface area contributed by atoms with Gasteiger partial charge in [0.15, 0.2) is 0 Å². The van der Waals surface area contributed by atoms with Gasteiger partial charge in [-0.05, 0) is 53.5 Å². The first-order chi connectivity index (χ1) is 22.2. The maximum atomic E-state index is 13.2. The molecule has 0 spiro atoms. The average molecular weight is 639 g/mol. The van der Waals surface area contributed by atoms with E-state index >= 15 is 0 Å². The van der Waals surface area contributed by atoms with Gasteiger partial charge in [-0.3, -0.25) is 14.4 Å². The minimum Gasteiger partial charge on any atom is -0.449 e. The van der Waals surface area contributed by atoms with Crippen molar-refractivity contribution in [1.82, 2.24) is 21.3 Å². The average Bonchev–Trinajstić information content (AvgIpc) is 3.45. The summed E-state index contributed by atoms with van der Waals surface area (Å²) in [6, 6.07) is 21.6. The fourth-order valence-corrected chi connectivity index (χ4v) is 5.04. The van der Waals surface area contributed by atoms with Crippen molar-refractivity contribution < 1.29 is 34.4 Å². The Morgan fingerprint density at radius 3 is 2.35 bits per heavy atom. The third-order valence-corrected chi connectivity index (χ3v) is 7.29. The van der Waals surface area contributed by atoms with E-state index in [4.69, 9.17) is 4.74 Å². The number of benzene rings is 3. The number of carbonyl (C=O) groups is 5. The van der Waals surface area contributed by atoms with E-state index in [-0.39, 0.29) is 37.0 Å². The van der Waals surface area contributed by atoms with E-state index in [0.717, 1.165) is 27.8 Å². The summed E-state index contributed by atoms with van der Waals surface area (Å²) in [5, 5.41) is 12.6. The Balaban J connectivity index is 0. The number of fused-ring (bicyclic) bond motifs is 1. The molecule has 1 saturated heterocycles. The fraction of sp³-hybridized carbons (Fsp3) is 0.417. The molecule has 46 heavy (non-hydrogen) atoms. The molecule has 3 atom stereocenters. The van der Waals surface area contributed by atoms with E-state index in [0.29, 0.717) is 32.1 Å². The second-order valence-corrected chi connectivity index (χ2v) is 12.0. The molecular weight excluding hydrogens is 584 g/mol. The molecule has 3 aromatic carbocycles. The predicted molar refractivity (Wildman–Crippen MR) is 186 cm³/mol. The van der Waals surface area contributed by atoms with Gasteiger partial charge in [0.2, 0.25) is 17.7 Å². The van der Waals surface area contributed by atoms with Gasteiger partial charge in [-0.25, -0.2) is 4.79 Å². The van der Waals surface area contributed by atoms with Gasteiger partial charge >= 0.3 is 6.09 Å². The summed E-state index contributed by atoms with van der Waals surface area (Å²) in [5.41, 5.74) is 2.04. The molecule has 4 N–H and O–H groups in total. The van der Waals surface area contributed by atoms with Crippen LogP contribution in [0, 0.1) is 11.8 Å². The Hall–Kier alpha value is -4.73. The van der Waals surface area contributed by atoms with Gasteiger partial charge in [-0.2, -0.15) is 0 Å². The van der Waals surface area contributed by atoms with E-state index in [1.807, 2.05) is 72.8 Å². The predicted octanol–water partition coefficient (Wildman–Crippen LogP) is 5.08. The molecule has 254 valence electrons. The van der Waals surface area contributed by atoms with Crippen LogP contribution in [0.4, 0.5) is 4.79 Å². The quantitative estimate of drug-likeness (QED) is 0.181. The van der Waals surface area contributed by atoms with Crippen molar-refractivity contribution in [3.05, 3.63) is 83.9 Å². The van der Waals surface area contributed by atoms with Gasteiger partial charge in [0.25, 0.3) is 0 Å². The standard InChI is InChI=1S/C32H36N4O6.C4H10.4H2/c37-21-26(19-25-15-17-33-30(25)39)35-29(38)20-34-31(40)28(36-32(41)42-18-16-22-7-2-1-3-8-22)14-13-24-11-6-10-23-9-4-5-12-27(23)24;1-4(2)3;;;;/h1-12,21,25-26,28H,13-20H2,(H,33,39)(H,34,40)(H,35,38)(H,36,41);4H,1-3H3;4*1H/t25-,26-,28-;;;;;/m0...../s1. The Morgan fingerprint density at radius 1 is 0.957 bits per heavy atom. The van der Waals surface area contributed by atoms with Crippen molar-refractivity contribution in [2.45, 2.75) is 65.0 Å². The highest BCUT2D eigenvalue weighted by Crippen LogP contribution is 2.20. The number of amides is 4. The Bertz CT molecular complexity index is 1460. The third-order valence-electron chi connectivity index (χ3n) is 7.29. The van der Waals surface area contributed by atoms with Crippen LogP contribution in [-0.2, 0) is 36.8 Å². The van der Waals surface area contributed by atoms with Gasteiger partial charge in [-0.15, -0.1) is 0 Å². The molecule has 1 heterocycles. The van der Waals surface area contributed by atoms with Gasteiger partial charge in [-0.1, -0.05) is 93.6 Å². The summed E-state index contributed by atoms with van der Waals surface area (Å²) in [6.45, 7) is 6.79. The number of alkyl carbamates (subject to hydrolysis) is 1. The highest BCUT2D eigenvalue weighted by molar-refractivity contribution is 5.90. The first-order valence-corrected chi connectivity index (χ1v) is 15.9. The van der Waals surface area contributed by atoms with Gasteiger partial charge in [0.1, 0.15) is 12.3 Å². The Morgan fingerprint density at radius 2 is 1.65 bits per heavy atom. The summed E-state index contributed by atoms with van der Waals surface area (Å²) in [5.74, 6) is -0.772. The molecule has 10 nitrogen and oxygen atoms in total. The van der Waals surface area contributed by atoms with Crippen LogP contribution in [-0.4, -0.2) is 61.9 Å². The maximum absolute atomic E-state index is 13.2. The monoisotopic (exact) mass is 638 g/mol. The minimum atomic E-state index is -0.968. The molecule has 0 radical (unpaired) electrons. The molecule has 4 rings (SSSR count). The minimum absolute atomic E-state index is 0. The molecule has 0 saturated carbocycles. The van der Waals surface area contributed by atoms with Crippen molar-refractivity contribution in [2.24, 2.45) is 11.8 Å². The van der Waals surface area contributed by atoms with E-state index < -0.39 is 36.5 Å². The first-order valence-electron chi connectivity index (χ1n) is 15.9. The Labute approximate surface area is 277 Å². The van der Waals surface area contributed by atoms with Gasteiger partial charge in [0.05, 0.1) is 19.2 Å². The molecule has 0 bridgehead atoms. The zero-order chi connectivity index (χ0) is 33.3. The van der Waals surface area contributed by atoms with Crippen LogP contribution in [0.15, 0.2) is 72.8 Å². The molecule has 4 amide bonds. The highest BCUT2D eigenvalue weighted by Gasteiger charge is 2.28. The number of rotatable bonds is 14. The number of carbonyl (C=O) groups excluding carboxylic acids is 5. The van der Waals surface area contributed by atoms with Crippen LogP contribution in [0.25, 0.3) is 10.8 Å². The lowest BCUT2D eigenvalue weighted by molar-refractivity contribution is -0.128. The molecule has 3 aromatic rings. The van der Waals surface area contributed by atoms with Crippen molar-refractivity contribution in [2.75, 3.05) is 19.7 Å². The van der Waals surface area contributed by atoms with Crippen LogP contribution < -0.4 is 21.3 Å². The van der Waals surface area contributed by atoms with E-state index in [1.165, 1.54) is 0 Å². The molecule has 0 aliphatic carbocycles. The zero-order valence-electron chi connectivity index (χ0n) is 26.9. The van der Waals surface area contributed by atoms with Gasteiger partial charge < -0.3 is 30.8 Å². The number of aryl methyl sites for hydroxylation is 1. The number of hydrogen-bond donors (Lipinski definition) is 4. The second kappa shape index (κ2) is 18.9. The lowest BCUT2D eigenvalue weighted by Gasteiger charge is -2.20. The highest BCUT2D eigenvalue weighted by atomic mass is 16.5. The summed E-state index contributed by atoms with van der Waals surface area (Å²) in [6.07, 6.45) is 1.94. The van der Waals surface area contributed by atoms with Crippen molar-refractivity contribution in [3.63, 3.8) is 0 Å². The van der Waals surface area contributed by atoms with Crippen LogP contribution in [0.3, 0.4) is 0 Å². The summed E-state index contributed by atoms with van der Waals surface area (Å²) in [4.78, 5) is 61.6. The Kier molecular flexibility index (Phi) is 14.7. The fourth-order valence-electron chi connectivity index (χ4n) is 5.04. The van der Waals surface area contributed by atoms with Crippen LogP contribution in [0.1, 0.15) is 56.9 Å². The molecule has 10 heteroatoms. The van der Waals surface area contributed by atoms with Gasteiger partial charge in [0, 0.05) is 24.6 Å². The van der Waals surface area contributed by atoms with E-state index in [1.54, 1.807) is 0 Å². The third kappa shape index (κ3) is 12.3. The van der Waals surface area contributed by atoms with Crippen molar-refractivity contribution in [1.29, 1.82) is 0 Å². The first kappa shape index (κ1) is 35.7. The zero-order valence-corrected chi connectivity index (χ0v) is 26.9.